The third-order valence-corrected chi connectivity index (χ3v) is 2.28. The summed E-state index contributed by atoms with van der Waals surface area (Å²) in [6.45, 7) is 0. The SMILES string of the molecule is CNC(N)=S.NC(=O)c1ccccc1Br. The fourth-order valence-corrected chi connectivity index (χ4v) is 1.14. The summed E-state index contributed by atoms with van der Waals surface area (Å²) in [4.78, 5) is 10.6. The number of primary amides is 1. The molecule has 0 unspecified atom stereocenters. The zero-order valence-electron chi connectivity index (χ0n) is 8.16. The molecule has 1 amide bonds. The van der Waals surface area contributed by atoms with Gasteiger partial charge in [0.2, 0.25) is 5.91 Å². The van der Waals surface area contributed by atoms with Crippen LogP contribution in [0.1, 0.15) is 10.4 Å². The molecular weight excluding hydrogens is 278 g/mol. The van der Waals surface area contributed by atoms with Crippen molar-refractivity contribution in [3.63, 3.8) is 0 Å². The third kappa shape index (κ3) is 6.03. The van der Waals surface area contributed by atoms with Crippen LogP contribution in [0.4, 0.5) is 0 Å². The Kier molecular flexibility index (Phi) is 6.64. The maximum Gasteiger partial charge on any atom is 0.249 e. The molecule has 0 aromatic heterocycles. The van der Waals surface area contributed by atoms with Crippen LogP contribution in [0.25, 0.3) is 0 Å². The number of carbonyl (C=O) groups is 1. The van der Waals surface area contributed by atoms with Gasteiger partial charge in [0.15, 0.2) is 5.11 Å². The van der Waals surface area contributed by atoms with E-state index in [9.17, 15) is 4.79 Å². The molecule has 0 fully saturated rings. The molecule has 4 nitrogen and oxygen atoms in total. The minimum absolute atomic E-state index is 0.338. The summed E-state index contributed by atoms with van der Waals surface area (Å²) in [5.74, 6) is -0.410. The van der Waals surface area contributed by atoms with E-state index in [1.165, 1.54) is 0 Å². The summed E-state index contributed by atoms with van der Waals surface area (Å²) >= 11 is 7.56. The first kappa shape index (κ1) is 13.9. The molecule has 5 N–H and O–H groups in total. The standard InChI is InChI=1S/C7H6BrNO.C2H6N2S/c8-6-4-2-1-3-5(6)7(9)10;1-4-2(3)5/h1-4H,(H2,9,10);1H3,(H3,3,4,5). The molecule has 0 saturated heterocycles. The molecule has 6 heteroatoms. The van der Waals surface area contributed by atoms with Gasteiger partial charge in [-0.3, -0.25) is 4.79 Å². The average Bonchev–Trinajstić information content (AvgIpc) is 2.19. The molecule has 0 aliphatic heterocycles. The van der Waals surface area contributed by atoms with Crippen LogP contribution >= 0.6 is 28.1 Å². The molecule has 0 aliphatic carbocycles. The van der Waals surface area contributed by atoms with Crippen LogP contribution in [0.5, 0.6) is 0 Å². The van der Waals surface area contributed by atoms with Crippen molar-refractivity contribution in [2.45, 2.75) is 0 Å². The first-order valence-corrected chi connectivity index (χ1v) is 5.20. The fraction of sp³-hybridized carbons (Fsp3) is 0.111. The number of carbonyl (C=O) groups excluding carboxylic acids is 1. The molecule has 0 aliphatic rings. The summed E-state index contributed by atoms with van der Waals surface area (Å²) in [5.41, 5.74) is 10.5. The highest BCUT2D eigenvalue weighted by atomic mass is 79.9. The van der Waals surface area contributed by atoms with Crippen molar-refractivity contribution in [3.05, 3.63) is 34.3 Å². The fourth-order valence-electron chi connectivity index (χ4n) is 0.661. The molecule has 1 aromatic rings. The number of nitrogens with one attached hydrogen (secondary N) is 1. The van der Waals surface area contributed by atoms with Gasteiger partial charge in [-0.2, -0.15) is 0 Å². The highest BCUT2D eigenvalue weighted by molar-refractivity contribution is 9.10. The van der Waals surface area contributed by atoms with E-state index in [0.29, 0.717) is 10.7 Å². The number of benzene rings is 1. The van der Waals surface area contributed by atoms with Crippen LogP contribution < -0.4 is 16.8 Å². The van der Waals surface area contributed by atoms with E-state index in [2.05, 4.69) is 33.5 Å². The zero-order valence-corrected chi connectivity index (χ0v) is 10.6. The molecule has 0 bridgehead atoms. The summed E-state index contributed by atoms with van der Waals surface area (Å²) < 4.78 is 0.738. The summed E-state index contributed by atoms with van der Waals surface area (Å²) in [7, 11) is 1.68. The molecule has 1 aromatic carbocycles. The van der Waals surface area contributed by atoms with E-state index in [-0.39, 0.29) is 0 Å². The molecule has 0 radical (unpaired) electrons. The van der Waals surface area contributed by atoms with Crippen LogP contribution in [0, 0.1) is 0 Å². The van der Waals surface area contributed by atoms with Gasteiger partial charge in [0.25, 0.3) is 0 Å². The number of nitrogens with two attached hydrogens (primary N) is 2. The van der Waals surface area contributed by atoms with Crippen LogP contribution in [-0.2, 0) is 0 Å². The summed E-state index contributed by atoms with van der Waals surface area (Å²) in [6.07, 6.45) is 0. The lowest BCUT2D eigenvalue weighted by molar-refractivity contribution is 0.0999. The van der Waals surface area contributed by atoms with Gasteiger partial charge >= 0.3 is 0 Å². The Bertz CT molecular complexity index is 357. The smallest absolute Gasteiger partial charge is 0.249 e. The number of hydrogen-bond acceptors (Lipinski definition) is 2. The molecule has 1 rings (SSSR count). The summed E-state index contributed by atoms with van der Waals surface area (Å²) in [5, 5.41) is 2.88. The number of hydrogen-bond donors (Lipinski definition) is 3. The first-order chi connectivity index (χ1) is 6.99. The van der Waals surface area contributed by atoms with Gasteiger partial charge in [0.05, 0.1) is 5.56 Å². The van der Waals surface area contributed by atoms with Crippen molar-refractivity contribution in [2.24, 2.45) is 11.5 Å². The van der Waals surface area contributed by atoms with Crippen LogP contribution in [0.15, 0.2) is 28.7 Å². The second-order valence-electron chi connectivity index (χ2n) is 2.46. The van der Waals surface area contributed by atoms with E-state index in [4.69, 9.17) is 11.5 Å². The molecule has 0 atom stereocenters. The largest absolute Gasteiger partial charge is 0.376 e. The molecule has 0 heterocycles. The lowest BCUT2D eigenvalue weighted by Crippen LogP contribution is -2.24. The molecule has 0 saturated carbocycles. The summed E-state index contributed by atoms with van der Waals surface area (Å²) in [6, 6.07) is 7.05. The Morgan fingerprint density at radius 3 is 2.13 bits per heavy atom. The second kappa shape index (κ2) is 7.19. The number of rotatable bonds is 1. The van der Waals surface area contributed by atoms with Gasteiger partial charge in [0, 0.05) is 11.5 Å². The lowest BCUT2D eigenvalue weighted by Gasteiger charge is -1.95. The molecule has 15 heavy (non-hydrogen) atoms. The lowest BCUT2D eigenvalue weighted by atomic mass is 10.2. The minimum atomic E-state index is -0.410. The number of thiocarbonyl (C=S) groups is 1. The topological polar surface area (TPSA) is 81.1 Å². The number of amides is 1. The predicted molar refractivity (Wildman–Crippen MR) is 68.5 cm³/mol. The van der Waals surface area contributed by atoms with Crippen molar-refractivity contribution in [1.82, 2.24) is 5.32 Å². The third-order valence-electron chi connectivity index (χ3n) is 1.39. The van der Waals surface area contributed by atoms with E-state index < -0.39 is 5.91 Å². The zero-order chi connectivity index (χ0) is 11.8. The Balaban J connectivity index is 0.000000336. The Morgan fingerprint density at radius 1 is 1.40 bits per heavy atom. The van der Waals surface area contributed by atoms with E-state index >= 15 is 0 Å². The highest BCUT2D eigenvalue weighted by Gasteiger charge is 2.02. The van der Waals surface area contributed by atoms with E-state index in [1.54, 1.807) is 25.2 Å². The van der Waals surface area contributed by atoms with Crippen molar-refractivity contribution in [1.29, 1.82) is 0 Å². The Hall–Kier alpha value is -1.14. The molecule has 82 valence electrons. The predicted octanol–water partition coefficient (Wildman–Crippen LogP) is 0.997. The Labute approximate surface area is 102 Å². The van der Waals surface area contributed by atoms with Gasteiger partial charge in [-0.15, -0.1) is 0 Å². The van der Waals surface area contributed by atoms with Gasteiger partial charge in [-0.25, -0.2) is 0 Å². The second-order valence-corrected chi connectivity index (χ2v) is 3.75. The van der Waals surface area contributed by atoms with Crippen LogP contribution in [0.2, 0.25) is 0 Å². The van der Waals surface area contributed by atoms with Crippen molar-refractivity contribution in [2.75, 3.05) is 7.05 Å². The monoisotopic (exact) mass is 289 g/mol. The maximum atomic E-state index is 10.6. The van der Waals surface area contributed by atoms with E-state index in [1.807, 2.05) is 6.07 Å². The minimum Gasteiger partial charge on any atom is -0.376 e. The van der Waals surface area contributed by atoms with Crippen LogP contribution in [0.3, 0.4) is 0 Å². The van der Waals surface area contributed by atoms with Gasteiger partial charge < -0.3 is 16.8 Å². The first-order valence-electron chi connectivity index (χ1n) is 4.00. The molecular formula is C9H12BrN3OS. The van der Waals surface area contributed by atoms with Crippen molar-refractivity contribution in [3.8, 4) is 0 Å². The van der Waals surface area contributed by atoms with Crippen molar-refractivity contribution >= 4 is 39.2 Å². The van der Waals surface area contributed by atoms with Gasteiger partial charge in [-0.1, -0.05) is 12.1 Å². The Morgan fingerprint density at radius 2 is 1.87 bits per heavy atom. The van der Waals surface area contributed by atoms with Crippen molar-refractivity contribution < 1.29 is 4.79 Å². The normalized spacial score (nSPS) is 8.40. The van der Waals surface area contributed by atoms with E-state index in [0.717, 1.165) is 4.47 Å². The average molecular weight is 290 g/mol. The van der Waals surface area contributed by atoms with Crippen LogP contribution in [-0.4, -0.2) is 18.1 Å². The van der Waals surface area contributed by atoms with Gasteiger partial charge in [-0.05, 0) is 40.3 Å². The quantitative estimate of drug-likeness (QED) is 0.674. The highest BCUT2D eigenvalue weighted by Crippen LogP contribution is 2.14. The van der Waals surface area contributed by atoms with Gasteiger partial charge in [0.1, 0.15) is 0 Å². The number of halogens is 1. The maximum absolute atomic E-state index is 10.6. The molecule has 0 spiro atoms.